The topological polar surface area (TPSA) is 19.6 Å². The first-order chi connectivity index (χ1) is 27.3. The van der Waals surface area contributed by atoms with Crippen LogP contribution in [0, 0.1) is 0 Å². The van der Waals surface area contributed by atoms with Crippen molar-refractivity contribution in [2.24, 2.45) is 0 Å². The molecular formula is C52H38N2O. The summed E-state index contributed by atoms with van der Waals surface area (Å²) in [6, 6.07) is 57.8. The molecule has 262 valence electrons. The Kier molecular flexibility index (Phi) is 7.44. The summed E-state index contributed by atoms with van der Waals surface area (Å²) in [6.45, 7) is 0. The number of hydrogen-bond donors (Lipinski definition) is 0. The number of benzene rings is 7. The van der Waals surface area contributed by atoms with E-state index in [2.05, 4.69) is 186 Å². The maximum absolute atomic E-state index is 6.47. The van der Waals surface area contributed by atoms with E-state index in [0.29, 0.717) is 6.04 Å². The minimum absolute atomic E-state index is 0.336. The van der Waals surface area contributed by atoms with Crippen molar-refractivity contribution in [1.82, 2.24) is 0 Å². The van der Waals surface area contributed by atoms with Crippen LogP contribution in [0.2, 0.25) is 0 Å². The van der Waals surface area contributed by atoms with Gasteiger partial charge in [0.15, 0.2) is 0 Å². The highest BCUT2D eigenvalue weighted by molar-refractivity contribution is 6.09. The predicted molar refractivity (Wildman–Crippen MR) is 231 cm³/mol. The average molecular weight is 707 g/mol. The normalized spacial score (nSPS) is 15.5. The monoisotopic (exact) mass is 706 g/mol. The van der Waals surface area contributed by atoms with Crippen molar-refractivity contribution in [3.8, 4) is 22.3 Å². The molecule has 3 aliphatic rings. The van der Waals surface area contributed by atoms with Crippen LogP contribution in [0.1, 0.15) is 29.5 Å². The van der Waals surface area contributed by atoms with E-state index in [9.17, 15) is 0 Å². The molecule has 1 aromatic heterocycles. The van der Waals surface area contributed by atoms with Gasteiger partial charge in [0.2, 0.25) is 0 Å². The first-order valence-corrected chi connectivity index (χ1v) is 19.3. The Morgan fingerprint density at radius 1 is 0.582 bits per heavy atom. The van der Waals surface area contributed by atoms with E-state index in [4.69, 9.17) is 4.42 Å². The van der Waals surface area contributed by atoms with Crippen molar-refractivity contribution >= 4 is 62.0 Å². The number of allylic oxidation sites excluding steroid dienone is 3. The smallest absolute Gasteiger partial charge is 0.143 e. The van der Waals surface area contributed by atoms with Gasteiger partial charge in [-0.15, -0.1) is 0 Å². The molecule has 0 bridgehead atoms. The fourth-order valence-corrected chi connectivity index (χ4v) is 8.95. The second-order valence-corrected chi connectivity index (χ2v) is 14.8. The molecule has 1 unspecified atom stereocenters. The van der Waals surface area contributed by atoms with E-state index in [1.165, 1.54) is 44.8 Å². The van der Waals surface area contributed by atoms with Crippen LogP contribution in [-0.2, 0) is 6.42 Å². The van der Waals surface area contributed by atoms with E-state index in [0.717, 1.165) is 69.4 Å². The second-order valence-electron chi connectivity index (χ2n) is 14.8. The number of fused-ring (bicyclic) bond motifs is 7. The Bertz CT molecular complexity index is 2850. The molecule has 0 fully saturated rings. The minimum Gasteiger partial charge on any atom is -0.455 e. The molecule has 0 saturated carbocycles. The third-order valence-electron chi connectivity index (χ3n) is 11.6. The molecule has 2 heterocycles. The SMILES string of the molecule is C1=CCC2C(=C1)c1ccccc1N2c1ccc(-c2ccc(N(c3cccc(-c4cccc5c4oc4ccccc45)c3)c3ccc4c(c3)C=CCC4)cc2)cc1. The lowest BCUT2D eigenvalue weighted by Gasteiger charge is -2.28. The van der Waals surface area contributed by atoms with E-state index in [1.807, 2.05) is 12.1 Å². The molecule has 1 atom stereocenters. The number of rotatable bonds is 6. The Labute approximate surface area is 321 Å². The van der Waals surface area contributed by atoms with Crippen LogP contribution in [0.5, 0.6) is 0 Å². The molecule has 0 saturated heterocycles. The van der Waals surface area contributed by atoms with Crippen LogP contribution in [0.15, 0.2) is 186 Å². The van der Waals surface area contributed by atoms with Crippen molar-refractivity contribution in [2.75, 3.05) is 9.80 Å². The molecule has 11 rings (SSSR count). The zero-order valence-corrected chi connectivity index (χ0v) is 30.4. The van der Waals surface area contributed by atoms with Gasteiger partial charge in [0.1, 0.15) is 11.2 Å². The second kappa shape index (κ2) is 12.9. The van der Waals surface area contributed by atoms with Gasteiger partial charge in [0.25, 0.3) is 0 Å². The number of furan rings is 1. The molecular weight excluding hydrogens is 669 g/mol. The molecule has 55 heavy (non-hydrogen) atoms. The Morgan fingerprint density at radius 3 is 2.24 bits per heavy atom. The molecule has 8 aromatic rings. The summed E-state index contributed by atoms with van der Waals surface area (Å²) in [5.41, 5.74) is 17.7. The van der Waals surface area contributed by atoms with Crippen molar-refractivity contribution < 1.29 is 4.42 Å². The lowest BCUT2D eigenvalue weighted by molar-refractivity contribution is 0.670. The molecule has 0 amide bonds. The van der Waals surface area contributed by atoms with Gasteiger partial charge >= 0.3 is 0 Å². The fourth-order valence-electron chi connectivity index (χ4n) is 8.95. The molecule has 2 aliphatic carbocycles. The van der Waals surface area contributed by atoms with Crippen molar-refractivity contribution in [2.45, 2.75) is 25.3 Å². The van der Waals surface area contributed by atoms with Crippen molar-refractivity contribution in [3.05, 3.63) is 199 Å². The van der Waals surface area contributed by atoms with Gasteiger partial charge in [-0.1, -0.05) is 127 Å². The summed E-state index contributed by atoms with van der Waals surface area (Å²) >= 11 is 0. The first kappa shape index (κ1) is 31.7. The highest BCUT2D eigenvalue weighted by atomic mass is 16.3. The molecule has 0 N–H and O–H groups in total. The van der Waals surface area contributed by atoms with Gasteiger partial charge in [-0.25, -0.2) is 0 Å². The number of hydrogen-bond acceptors (Lipinski definition) is 3. The van der Waals surface area contributed by atoms with Crippen LogP contribution in [0.3, 0.4) is 0 Å². The molecule has 7 aromatic carbocycles. The van der Waals surface area contributed by atoms with Crippen molar-refractivity contribution in [1.29, 1.82) is 0 Å². The highest BCUT2D eigenvalue weighted by Crippen LogP contribution is 2.48. The molecule has 0 radical (unpaired) electrons. The largest absolute Gasteiger partial charge is 0.455 e. The summed E-state index contributed by atoms with van der Waals surface area (Å²) in [6.07, 6.45) is 14.5. The number of nitrogens with zero attached hydrogens (tertiary/aromatic N) is 2. The summed E-state index contributed by atoms with van der Waals surface area (Å²) in [5, 5.41) is 2.28. The van der Waals surface area contributed by atoms with Gasteiger partial charge in [0.05, 0.1) is 6.04 Å². The Morgan fingerprint density at radius 2 is 1.33 bits per heavy atom. The van der Waals surface area contributed by atoms with Crippen LogP contribution >= 0.6 is 0 Å². The quantitative estimate of drug-likeness (QED) is 0.172. The summed E-state index contributed by atoms with van der Waals surface area (Å²) in [5.74, 6) is 0. The number of aryl methyl sites for hydroxylation is 1. The van der Waals surface area contributed by atoms with Gasteiger partial charge < -0.3 is 14.2 Å². The highest BCUT2D eigenvalue weighted by Gasteiger charge is 2.34. The lowest BCUT2D eigenvalue weighted by Crippen LogP contribution is -2.26. The van der Waals surface area contributed by atoms with Gasteiger partial charge in [-0.2, -0.15) is 0 Å². The van der Waals surface area contributed by atoms with Crippen LogP contribution in [0.25, 0.3) is 55.8 Å². The molecule has 3 nitrogen and oxygen atoms in total. The molecule has 1 aliphatic heterocycles. The minimum atomic E-state index is 0.336. The molecule has 3 heteroatoms. The van der Waals surface area contributed by atoms with Gasteiger partial charge in [0, 0.05) is 50.3 Å². The van der Waals surface area contributed by atoms with E-state index < -0.39 is 0 Å². The van der Waals surface area contributed by atoms with Crippen LogP contribution in [0.4, 0.5) is 28.4 Å². The summed E-state index contributed by atoms with van der Waals surface area (Å²) in [7, 11) is 0. The van der Waals surface area contributed by atoms with Crippen LogP contribution in [-0.4, -0.2) is 6.04 Å². The van der Waals surface area contributed by atoms with E-state index in [-0.39, 0.29) is 0 Å². The van der Waals surface area contributed by atoms with E-state index in [1.54, 1.807) is 0 Å². The maximum Gasteiger partial charge on any atom is 0.143 e. The zero-order chi connectivity index (χ0) is 36.3. The van der Waals surface area contributed by atoms with Gasteiger partial charge in [-0.05, 0) is 113 Å². The first-order valence-electron chi connectivity index (χ1n) is 19.3. The fraction of sp³-hybridized carbons (Fsp3) is 0.0769. The average Bonchev–Trinajstić information content (AvgIpc) is 3.80. The van der Waals surface area contributed by atoms with Gasteiger partial charge in [-0.3, -0.25) is 0 Å². The predicted octanol–water partition coefficient (Wildman–Crippen LogP) is 14.2. The molecule has 0 spiro atoms. The van der Waals surface area contributed by atoms with E-state index >= 15 is 0 Å². The van der Waals surface area contributed by atoms with Crippen molar-refractivity contribution in [3.63, 3.8) is 0 Å². The standard InChI is InChI=1S/C52H38N2O/c1-2-12-38-33-43(32-27-35(38)11-1)53(42-14-9-13-39(34-42)44-18-10-19-48-47-17-5-8-22-51(47)55-52(44)48)40-28-23-36(24-29-40)37-25-30-41(31-26-37)54-49-20-6-3-15-45(49)46-16-4-7-21-50(46)54/h2-10,12-20,22-34,50H,1,11,21H2. The third kappa shape index (κ3) is 5.34. The zero-order valence-electron chi connectivity index (χ0n) is 30.4. The maximum atomic E-state index is 6.47. The number of para-hydroxylation sites is 3. The van der Waals surface area contributed by atoms with Crippen LogP contribution < -0.4 is 9.80 Å². The Hall–Kier alpha value is -6.84. The number of anilines is 5. The third-order valence-corrected chi connectivity index (χ3v) is 11.6. The lowest BCUT2D eigenvalue weighted by atomic mass is 9.96. The summed E-state index contributed by atoms with van der Waals surface area (Å²) in [4.78, 5) is 4.89. The summed E-state index contributed by atoms with van der Waals surface area (Å²) < 4.78 is 6.47. The Balaban J connectivity index is 0.958.